The maximum Gasteiger partial charge on any atom is 0.363 e. The molecule has 1 heterocycles. The van der Waals surface area contributed by atoms with Gasteiger partial charge in [-0.15, -0.1) is 0 Å². The molecule has 132 valence electrons. The Morgan fingerprint density at radius 2 is 1.92 bits per heavy atom. The minimum absolute atomic E-state index is 0.308. The van der Waals surface area contributed by atoms with Crippen LogP contribution in [0, 0.1) is 13.8 Å². The molecule has 0 amide bonds. The van der Waals surface area contributed by atoms with Crippen molar-refractivity contribution in [2.45, 2.75) is 20.5 Å². The van der Waals surface area contributed by atoms with Gasteiger partial charge in [-0.3, -0.25) is 5.43 Å². The smallest absolute Gasteiger partial charge is 0.363 e. The average molecular weight is 349 g/mol. The summed E-state index contributed by atoms with van der Waals surface area (Å²) in [5.41, 5.74) is 5.86. The maximum absolute atomic E-state index is 11.2. The molecule has 0 saturated carbocycles. The van der Waals surface area contributed by atoms with Gasteiger partial charge in [0.2, 0.25) is 0 Å². The topological polar surface area (TPSA) is 92.3 Å². The SMILES string of the molecule is Cc1ccc(COc2ccccc2/C=N/Nc2nc(=O)[nH]nc2C)cc1. The Hall–Kier alpha value is -3.48. The fourth-order valence-electron chi connectivity index (χ4n) is 2.22. The fourth-order valence-corrected chi connectivity index (χ4v) is 2.22. The van der Waals surface area contributed by atoms with Gasteiger partial charge in [0, 0.05) is 5.56 Å². The predicted molar refractivity (Wildman–Crippen MR) is 101 cm³/mol. The van der Waals surface area contributed by atoms with Crippen molar-refractivity contribution >= 4 is 12.0 Å². The molecule has 7 nitrogen and oxygen atoms in total. The number of benzene rings is 2. The zero-order chi connectivity index (χ0) is 18.4. The second-order valence-corrected chi connectivity index (χ2v) is 5.76. The highest BCUT2D eigenvalue weighted by Crippen LogP contribution is 2.18. The number of rotatable bonds is 6. The summed E-state index contributed by atoms with van der Waals surface area (Å²) in [6.45, 7) is 4.24. The van der Waals surface area contributed by atoms with Gasteiger partial charge in [-0.1, -0.05) is 42.0 Å². The molecule has 3 aromatic rings. The van der Waals surface area contributed by atoms with Crippen LogP contribution in [0.2, 0.25) is 0 Å². The molecule has 0 saturated heterocycles. The van der Waals surface area contributed by atoms with Gasteiger partial charge in [0.15, 0.2) is 5.82 Å². The second kappa shape index (κ2) is 8.06. The van der Waals surface area contributed by atoms with Crippen LogP contribution < -0.4 is 15.9 Å². The Balaban J connectivity index is 1.69. The maximum atomic E-state index is 11.2. The molecule has 26 heavy (non-hydrogen) atoms. The van der Waals surface area contributed by atoms with Crippen LogP contribution in [0.4, 0.5) is 5.82 Å². The predicted octanol–water partition coefficient (Wildman–Crippen LogP) is 2.81. The molecule has 3 rings (SSSR count). The monoisotopic (exact) mass is 349 g/mol. The van der Waals surface area contributed by atoms with Crippen LogP contribution in [0.5, 0.6) is 5.75 Å². The quantitative estimate of drug-likeness (QED) is 0.527. The molecule has 2 N–H and O–H groups in total. The van der Waals surface area contributed by atoms with Crippen LogP contribution in [-0.2, 0) is 6.61 Å². The lowest BCUT2D eigenvalue weighted by molar-refractivity contribution is 0.306. The summed E-state index contributed by atoms with van der Waals surface area (Å²) < 4.78 is 5.91. The van der Waals surface area contributed by atoms with Crippen molar-refractivity contribution in [1.29, 1.82) is 0 Å². The van der Waals surface area contributed by atoms with Gasteiger partial charge in [-0.25, -0.2) is 9.89 Å². The molecule has 0 aliphatic carbocycles. The number of aromatic amines is 1. The van der Waals surface area contributed by atoms with Gasteiger partial charge >= 0.3 is 5.69 Å². The van der Waals surface area contributed by atoms with Crippen molar-refractivity contribution in [2.24, 2.45) is 5.10 Å². The van der Waals surface area contributed by atoms with E-state index in [0.717, 1.165) is 11.1 Å². The zero-order valence-electron chi connectivity index (χ0n) is 14.6. The average Bonchev–Trinajstić information content (AvgIpc) is 2.65. The molecular weight excluding hydrogens is 330 g/mol. The minimum atomic E-state index is -0.532. The minimum Gasteiger partial charge on any atom is -0.488 e. The molecule has 0 aliphatic heterocycles. The molecule has 2 aromatic carbocycles. The number of hydrogen-bond acceptors (Lipinski definition) is 6. The van der Waals surface area contributed by atoms with Gasteiger partial charge in [0.25, 0.3) is 0 Å². The van der Waals surface area contributed by atoms with Crippen molar-refractivity contribution in [1.82, 2.24) is 15.2 Å². The Morgan fingerprint density at radius 1 is 1.15 bits per heavy atom. The summed E-state index contributed by atoms with van der Waals surface area (Å²) in [5, 5.41) is 10.2. The van der Waals surface area contributed by atoms with Crippen LogP contribution in [0.25, 0.3) is 0 Å². The van der Waals surface area contributed by atoms with Crippen LogP contribution in [0.15, 0.2) is 58.4 Å². The highest BCUT2D eigenvalue weighted by Gasteiger charge is 2.03. The number of hydrogen-bond donors (Lipinski definition) is 2. The zero-order valence-corrected chi connectivity index (χ0v) is 14.6. The number of nitrogens with zero attached hydrogens (tertiary/aromatic N) is 3. The van der Waals surface area contributed by atoms with Crippen molar-refractivity contribution in [2.75, 3.05) is 5.43 Å². The first-order valence-corrected chi connectivity index (χ1v) is 8.11. The van der Waals surface area contributed by atoms with Gasteiger partial charge in [0.1, 0.15) is 18.1 Å². The number of ether oxygens (including phenoxy) is 1. The van der Waals surface area contributed by atoms with E-state index in [1.807, 2.05) is 36.4 Å². The van der Waals surface area contributed by atoms with Crippen molar-refractivity contribution in [3.63, 3.8) is 0 Å². The second-order valence-electron chi connectivity index (χ2n) is 5.76. The van der Waals surface area contributed by atoms with Gasteiger partial charge in [-0.2, -0.15) is 15.2 Å². The highest BCUT2D eigenvalue weighted by molar-refractivity contribution is 5.83. The van der Waals surface area contributed by atoms with E-state index in [4.69, 9.17) is 4.74 Å². The lowest BCUT2D eigenvalue weighted by atomic mass is 10.1. The Morgan fingerprint density at radius 3 is 2.73 bits per heavy atom. The summed E-state index contributed by atoms with van der Waals surface area (Å²) >= 11 is 0. The number of aryl methyl sites for hydroxylation is 2. The molecule has 0 atom stereocenters. The number of H-pyrrole nitrogens is 1. The first-order valence-electron chi connectivity index (χ1n) is 8.11. The highest BCUT2D eigenvalue weighted by atomic mass is 16.5. The van der Waals surface area contributed by atoms with Crippen molar-refractivity contribution in [3.8, 4) is 5.75 Å². The van der Waals surface area contributed by atoms with Crippen LogP contribution >= 0.6 is 0 Å². The number of aromatic nitrogens is 3. The largest absolute Gasteiger partial charge is 0.488 e. The van der Waals surface area contributed by atoms with Gasteiger partial charge < -0.3 is 4.74 Å². The van der Waals surface area contributed by atoms with E-state index in [9.17, 15) is 4.79 Å². The summed E-state index contributed by atoms with van der Waals surface area (Å²) in [4.78, 5) is 15.0. The Kier molecular flexibility index (Phi) is 5.38. The third-order valence-corrected chi connectivity index (χ3v) is 3.68. The summed E-state index contributed by atoms with van der Waals surface area (Å²) in [6.07, 6.45) is 1.62. The lowest BCUT2D eigenvalue weighted by Crippen LogP contribution is -2.15. The molecule has 0 bridgehead atoms. The molecule has 0 aliphatic rings. The normalized spacial score (nSPS) is 10.8. The lowest BCUT2D eigenvalue weighted by Gasteiger charge is -2.09. The summed E-state index contributed by atoms with van der Waals surface area (Å²) in [5.74, 6) is 1.02. The Bertz CT molecular complexity index is 964. The number of para-hydroxylation sites is 1. The summed E-state index contributed by atoms with van der Waals surface area (Å²) in [6, 6.07) is 15.8. The summed E-state index contributed by atoms with van der Waals surface area (Å²) in [7, 11) is 0. The van der Waals surface area contributed by atoms with Crippen LogP contribution in [-0.4, -0.2) is 21.4 Å². The fraction of sp³-hybridized carbons (Fsp3) is 0.158. The standard InChI is InChI=1S/C19H19N5O2/c1-13-7-9-15(10-8-13)12-26-17-6-4-3-5-16(17)11-20-23-18-14(2)22-24-19(25)21-18/h3-11H,12H2,1-2H3,(H2,21,23,24,25)/b20-11+. The third-order valence-electron chi connectivity index (χ3n) is 3.68. The molecule has 1 aromatic heterocycles. The van der Waals surface area contributed by atoms with Crippen molar-refractivity contribution in [3.05, 3.63) is 81.4 Å². The Labute approximate surface area is 150 Å². The van der Waals surface area contributed by atoms with Gasteiger partial charge in [-0.05, 0) is 31.5 Å². The molecule has 0 fully saturated rings. The van der Waals surface area contributed by atoms with E-state index >= 15 is 0 Å². The number of anilines is 1. The van der Waals surface area contributed by atoms with E-state index in [1.54, 1.807) is 13.1 Å². The van der Waals surface area contributed by atoms with E-state index in [-0.39, 0.29) is 0 Å². The van der Waals surface area contributed by atoms with Crippen LogP contribution in [0.3, 0.4) is 0 Å². The molecule has 7 heteroatoms. The molecule has 0 unspecified atom stereocenters. The third kappa shape index (κ3) is 4.54. The molecule has 0 spiro atoms. The van der Waals surface area contributed by atoms with E-state index in [2.05, 4.69) is 44.8 Å². The molecular formula is C19H19N5O2. The van der Waals surface area contributed by atoms with E-state index in [1.165, 1.54) is 5.56 Å². The van der Waals surface area contributed by atoms with E-state index < -0.39 is 5.69 Å². The van der Waals surface area contributed by atoms with Crippen LogP contribution in [0.1, 0.15) is 22.4 Å². The van der Waals surface area contributed by atoms with Crippen molar-refractivity contribution < 1.29 is 4.74 Å². The number of hydrazone groups is 1. The van der Waals surface area contributed by atoms with Gasteiger partial charge in [0.05, 0.1) is 6.21 Å². The first-order chi connectivity index (χ1) is 12.6. The number of nitrogens with one attached hydrogen (secondary N) is 2. The first kappa shape index (κ1) is 17.3. The molecule has 0 radical (unpaired) electrons. The van der Waals surface area contributed by atoms with E-state index in [0.29, 0.717) is 23.9 Å².